The van der Waals surface area contributed by atoms with Gasteiger partial charge in [0, 0.05) is 50.9 Å². The lowest BCUT2D eigenvalue weighted by molar-refractivity contribution is -0.130. The van der Waals surface area contributed by atoms with Crippen molar-refractivity contribution >= 4 is 11.8 Å². The Morgan fingerprint density at radius 1 is 1.15 bits per heavy atom. The molecule has 0 bridgehead atoms. The maximum Gasteiger partial charge on any atom is 0.251 e. The second-order valence-electron chi connectivity index (χ2n) is 8.37. The van der Waals surface area contributed by atoms with Gasteiger partial charge in [0.15, 0.2) is 0 Å². The van der Waals surface area contributed by atoms with Gasteiger partial charge in [-0.15, -0.1) is 0 Å². The first-order valence-electron chi connectivity index (χ1n) is 10.8. The van der Waals surface area contributed by atoms with Gasteiger partial charge in [-0.1, -0.05) is 13.3 Å². The fourth-order valence-corrected chi connectivity index (χ4v) is 4.78. The van der Waals surface area contributed by atoms with Crippen LogP contribution in [0.5, 0.6) is 0 Å². The molecule has 152 valence electrons. The van der Waals surface area contributed by atoms with Gasteiger partial charge in [0.05, 0.1) is 12.5 Å². The van der Waals surface area contributed by atoms with Gasteiger partial charge in [-0.2, -0.15) is 0 Å². The van der Waals surface area contributed by atoms with E-state index in [2.05, 4.69) is 35.9 Å². The normalized spacial score (nSPS) is 24.7. The fourth-order valence-electron chi connectivity index (χ4n) is 4.78. The summed E-state index contributed by atoms with van der Waals surface area (Å²) in [5.41, 5.74) is 2.02. The lowest BCUT2D eigenvalue weighted by atomic mass is 9.88. The summed E-state index contributed by atoms with van der Waals surface area (Å²) >= 11 is 0. The summed E-state index contributed by atoms with van der Waals surface area (Å²) in [5, 5.41) is 3.04. The molecule has 1 unspecified atom stereocenters. The zero-order valence-corrected chi connectivity index (χ0v) is 17.3. The Morgan fingerprint density at radius 2 is 1.85 bits per heavy atom. The summed E-state index contributed by atoms with van der Waals surface area (Å²) < 4.78 is 0. The third-order valence-electron chi connectivity index (χ3n) is 6.35. The van der Waals surface area contributed by atoms with Crippen molar-refractivity contribution in [1.29, 1.82) is 0 Å². The smallest absolute Gasteiger partial charge is 0.251 e. The van der Waals surface area contributed by atoms with E-state index in [1.54, 1.807) is 0 Å². The SMILES string of the molecule is CCN1CCN(CCNC(=O)CC2=C3CCCCC3N(C(C)C)C2=O)CC1. The van der Waals surface area contributed by atoms with Crippen LogP contribution in [-0.2, 0) is 9.59 Å². The van der Waals surface area contributed by atoms with Gasteiger partial charge < -0.3 is 15.1 Å². The number of rotatable bonds is 7. The molecule has 2 amide bonds. The zero-order valence-electron chi connectivity index (χ0n) is 17.3. The number of carbonyl (C=O) groups is 2. The van der Waals surface area contributed by atoms with Crippen LogP contribution in [-0.4, -0.2) is 84.4 Å². The van der Waals surface area contributed by atoms with Gasteiger partial charge in [-0.05, 0) is 45.2 Å². The molecule has 6 heteroatoms. The standard InChI is InChI=1S/C21H36N4O2/c1-4-23-11-13-24(14-12-23)10-9-22-20(26)15-18-17-7-5-6-8-19(17)25(16(2)3)21(18)27/h16,19H,4-15H2,1-3H3,(H,22,26). The molecule has 1 saturated heterocycles. The topological polar surface area (TPSA) is 55.9 Å². The van der Waals surface area contributed by atoms with E-state index in [0.717, 1.165) is 64.1 Å². The minimum atomic E-state index is -0.00651. The first kappa shape index (κ1) is 20.3. The number of nitrogens with zero attached hydrogens (tertiary/aromatic N) is 3. The molecule has 27 heavy (non-hydrogen) atoms. The molecule has 1 atom stereocenters. The Hall–Kier alpha value is -1.40. The molecule has 3 rings (SSSR count). The number of carbonyl (C=O) groups excluding carboxylic acids is 2. The Morgan fingerprint density at radius 3 is 2.52 bits per heavy atom. The van der Waals surface area contributed by atoms with Crippen LogP contribution < -0.4 is 5.32 Å². The van der Waals surface area contributed by atoms with Gasteiger partial charge >= 0.3 is 0 Å². The maximum atomic E-state index is 12.9. The highest BCUT2D eigenvalue weighted by Gasteiger charge is 2.41. The molecule has 3 aliphatic rings. The van der Waals surface area contributed by atoms with Gasteiger partial charge in [-0.3, -0.25) is 14.5 Å². The molecule has 2 heterocycles. The number of piperazine rings is 1. The number of amides is 2. The van der Waals surface area contributed by atoms with Crippen molar-refractivity contribution in [1.82, 2.24) is 20.0 Å². The molecule has 6 nitrogen and oxygen atoms in total. The van der Waals surface area contributed by atoms with Crippen molar-refractivity contribution in [3.05, 3.63) is 11.1 Å². The Labute approximate surface area is 163 Å². The van der Waals surface area contributed by atoms with Crippen molar-refractivity contribution in [3.8, 4) is 0 Å². The van der Waals surface area contributed by atoms with Crippen molar-refractivity contribution in [2.45, 2.75) is 65.0 Å². The van der Waals surface area contributed by atoms with Crippen LogP contribution in [0, 0.1) is 0 Å². The molecule has 1 saturated carbocycles. The molecule has 1 N–H and O–H groups in total. The van der Waals surface area contributed by atoms with E-state index in [1.165, 1.54) is 12.0 Å². The summed E-state index contributed by atoms with van der Waals surface area (Å²) in [4.78, 5) is 32.3. The zero-order chi connectivity index (χ0) is 19.4. The van der Waals surface area contributed by atoms with E-state index in [4.69, 9.17) is 0 Å². The lowest BCUT2D eigenvalue weighted by Gasteiger charge is -2.33. The summed E-state index contributed by atoms with van der Waals surface area (Å²) in [5.74, 6) is 0.0886. The Balaban J connectivity index is 1.49. The van der Waals surface area contributed by atoms with Crippen LogP contribution in [0.4, 0.5) is 0 Å². The van der Waals surface area contributed by atoms with E-state index >= 15 is 0 Å². The summed E-state index contributed by atoms with van der Waals surface area (Å²) in [6, 6.07) is 0.432. The second kappa shape index (κ2) is 9.20. The Bertz CT molecular complexity index is 579. The second-order valence-corrected chi connectivity index (χ2v) is 8.37. The molecule has 0 radical (unpaired) electrons. The molecule has 2 aliphatic heterocycles. The predicted molar refractivity (Wildman–Crippen MR) is 107 cm³/mol. The van der Waals surface area contributed by atoms with Gasteiger partial charge in [-0.25, -0.2) is 0 Å². The van der Waals surface area contributed by atoms with Crippen LogP contribution in [0.2, 0.25) is 0 Å². The average molecular weight is 377 g/mol. The minimum absolute atomic E-state index is 0.00651. The number of hydrogen-bond donors (Lipinski definition) is 1. The van der Waals surface area contributed by atoms with Gasteiger partial charge in [0.25, 0.3) is 5.91 Å². The molecular formula is C21H36N4O2. The average Bonchev–Trinajstić information content (AvgIpc) is 2.94. The Kier molecular flexibility index (Phi) is 6.93. The van der Waals surface area contributed by atoms with Crippen molar-refractivity contribution in [2.75, 3.05) is 45.8 Å². The van der Waals surface area contributed by atoms with E-state index in [-0.39, 0.29) is 30.3 Å². The highest BCUT2D eigenvalue weighted by molar-refractivity contribution is 6.02. The van der Waals surface area contributed by atoms with Crippen LogP contribution in [0.3, 0.4) is 0 Å². The predicted octanol–water partition coefficient (Wildman–Crippen LogP) is 1.62. The highest BCUT2D eigenvalue weighted by Crippen LogP contribution is 2.38. The van der Waals surface area contributed by atoms with Crippen LogP contribution in [0.1, 0.15) is 52.9 Å². The molecule has 2 fully saturated rings. The summed E-state index contributed by atoms with van der Waals surface area (Å²) in [6.45, 7) is 13.4. The monoisotopic (exact) mass is 376 g/mol. The third-order valence-corrected chi connectivity index (χ3v) is 6.35. The first-order chi connectivity index (χ1) is 13.0. The van der Waals surface area contributed by atoms with Crippen LogP contribution in [0.25, 0.3) is 0 Å². The number of hydrogen-bond acceptors (Lipinski definition) is 4. The lowest BCUT2D eigenvalue weighted by Crippen LogP contribution is -2.48. The molecule has 0 spiro atoms. The molecule has 0 aromatic carbocycles. The van der Waals surface area contributed by atoms with E-state index < -0.39 is 0 Å². The van der Waals surface area contributed by atoms with Crippen LogP contribution in [0.15, 0.2) is 11.1 Å². The first-order valence-corrected chi connectivity index (χ1v) is 10.8. The van der Waals surface area contributed by atoms with E-state index in [9.17, 15) is 9.59 Å². The third kappa shape index (κ3) is 4.72. The quantitative estimate of drug-likeness (QED) is 0.734. The largest absolute Gasteiger partial charge is 0.355 e. The minimum Gasteiger partial charge on any atom is -0.355 e. The number of likely N-dealkylation sites (N-methyl/N-ethyl adjacent to an activating group) is 1. The molecule has 0 aromatic rings. The number of fused-ring (bicyclic) bond motifs is 1. The van der Waals surface area contributed by atoms with Crippen molar-refractivity contribution in [2.24, 2.45) is 0 Å². The van der Waals surface area contributed by atoms with E-state index in [1.807, 2.05) is 4.90 Å². The summed E-state index contributed by atoms with van der Waals surface area (Å²) in [7, 11) is 0. The maximum absolute atomic E-state index is 12.9. The molecule has 0 aromatic heterocycles. The van der Waals surface area contributed by atoms with Gasteiger partial charge in [0.1, 0.15) is 0 Å². The van der Waals surface area contributed by atoms with Crippen LogP contribution >= 0.6 is 0 Å². The number of nitrogens with one attached hydrogen (secondary N) is 1. The van der Waals surface area contributed by atoms with E-state index in [0.29, 0.717) is 6.54 Å². The summed E-state index contributed by atoms with van der Waals surface area (Å²) in [6.07, 6.45) is 4.59. The van der Waals surface area contributed by atoms with Gasteiger partial charge in [0.2, 0.25) is 5.91 Å². The molecule has 1 aliphatic carbocycles. The fraction of sp³-hybridized carbons (Fsp3) is 0.810. The van der Waals surface area contributed by atoms with Crippen molar-refractivity contribution in [3.63, 3.8) is 0 Å². The molecular weight excluding hydrogens is 340 g/mol. The highest BCUT2D eigenvalue weighted by atomic mass is 16.2. The van der Waals surface area contributed by atoms with Crippen molar-refractivity contribution < 1.29 is 9.59 Å².